The minimum absolute atomic E-state index is 0.211. The zero-order valence-corrected chi connectivity index (χ0v) is 10.7. The lowest BCUT2D eigenvalue weighted by Gasteiger charge is -2.12. The van der Waals surface area contributed by atoms with E-state index >= 15 is 0 Å². The Bertz CT molecular complexity index is 401. The number of hydrogen-bond donors (Lipinski definition) is 1. The van der Waals surface area contributed by atoms with Crippen molar-refractivity contribution >= 4 is 11.7 Å². The molecule has 6 heteroatoms. The van der Waals surface area contributed by atoms with Crippen LogP contribution in [-0.2, 0) is 16.5 Å². The fourth-order valence-electron chi connectivity index (χ4n) is 1.50. The maximum Gasteiger partial charge on any atom is 0.359 e. The molecule has 0 fully saturated rings. The van der Waals surface area contributed by atoms with E-state index in [9.17, 15) is 4.79 Å². The van der Waals surface area contributed by atoms with Crippen molar-refractivity contribution < 1.29 is 14.3 Å². The quantitative estimate of drug-likeness (QED) is 0.774. The molecule has 0 amide bonds. The maximum atomic E-state index is 11.9. The molecule has 0 aliphatic rings. The predicted octanol–water partition coefficient (Wildman–Crippen LogP) is 0.893. The van der Waals surface area contributed by atoms with E-state index in [0.717, 1.165) is 0 Å². The molecule has 0 saturated heterocycles. The van der Waals surface area contributed by atoms with Crippen LogP contribution in [0.2, 0.25) is 0 Å². The number of nitrogens with two attached hydrogens (primary N) is 1. The third-order valence-corrected chi connectivity index (χ3v) is 2.50. The number of carbonyl (C=O) groups is 1. The number of aryl methyl sites for hydroxylation is 2. The van der Waals surface area contributed by atoms with Crippen LogP contribution in [0.5, 0.6) is 0 Å². The van der Waals surface area contributed by atoms with Gasteiger partial charge in [0.15, 0.2) is 5.69 Å². The van der Waals surface area contributed by atoms with Gasteiger partial charge in [-0.3, -0.25) is 4.68 Å². The van der Waals surface area contributed by atoms with Gasteiger partial charge in [-0.1, -0.05) is 0 Å². The van der Waals surface area contributed by atoms with Gasteiger partial charge in [0.1, 0.15) is 6.10 Å². The van der Waals surface area contributed by atoms with Crippen LogP contribution < -0.4 is 5.73 Å². The number of esters is 1. The van der Waals surface area contributed by atoms with Crippen molar-refractivity contribution in [1.82, 2.24) is 9.78 Å². The van der Waals surface area contributed by atoms with Crippen molar-refractivity contribution in [2.24, 2.45) is 7.05 Å². The monoisotopic (exact) mass is 241 g/mol. The van der Waals surface area contributed by atoms with Gasteiger partial charge in [-0.05, 0) is 13.8 Å². The first-order chi connectivity index (χ1) is 7.97. The van der Waals surface area contributed by atoms with Gasteiger partial charge < -0.3 is 15.2 Å². The lowest BCUT2D eigenvalue weighted by molar-refractivity contribution is 0.0256. The molecule has 2 N–H and O–H groups in total. The summed E-state index contributed by atoms with van der Waals surface area (Å²) >= 11 is 0. The summed E-state index contributed by atoms with van der Waals surface area (Å²) in [4.78, 5) is 11.9. The smallest absolute Gasteiger partial charge is 0.359 e. The molecule has 6 nitrogen and oxygen atoms in total. The fraction of sp³-hybridized carbons (Fsp3) is 0.636. The van der Waals surface area contributed by atoms with Crippen LogP contribution in [-0.4, -0.2) is 35.6 Å². The van der Waals surface area contributed by atoms with Crippen LogP contribution in [0.25, 0.3) is 0 Å². The van der Waals surface area contributed by atoms with E-state index in [4.69, 9.17) is 15.2 Å². The summed E-state index contributed by atoms with van der Waals surface area (Å²) in [5.74, 6) is -0.450. The Kier molecular flexibility index (Phi) is 4.51. The summed E-state index contributed by atoms with van der Waals surface area (Å²) in [6, 6.07) is 0. The summed E-state index contributed by atoms with van der Waals surface area (Å²) in [5, 5.41) is 4.07. The van der Waals surface area contributed by atoms with E-state index in [-0.39, 0.29) is 6.10 Å². The van der Waals surface area contributed by atoms with Gasteiger partial charge in [0.05, 0.1) is 11.4 Å². The largest absolute Gasteiger partial charge is 0.458 e. The van der Waals surface area contributed by atoms with Gasteiger partial charge in [0.25, 0.3) is 0 Å². The number of hydrogen-bond acceptors (Lipinski definition) is 5. The summed E-state index contributed by atoms with van der Waals surface area (Å²) in [6.07, 6.45) is 0.441. The van der Waals surface area contributed by atoms with Crippen LogP contribution >= 0.6 is 0 Å². The SMILES string of the molecule is COCCC(C)OC(=O)c1c(N)c(C)nn1C. The number of ether oxygens (including phenoxy) is 2. The normalized spacial score (nSPS) is 12.5. The molecule has 1 rings (SSSR count). The third-order valence-electron chi connectivity index (χ3n) is 2.50. The molecule has 1 aromatic rings. The third kappa shape index (κ3) is 3.20. The summed E-state index contributed by atoms with van der Waals surface area (Å²) in [6.45, 7) is 4.12. The Labute approximate surface area is 101 Å². The Morgan fingerprint density at radius 2 is 2.24 bits per heavy atom. The first kappa shape index (κ1) is 13.5. The van der Waals surface area contributed by atoms with Gasteiger partial charge in [-0.15, -0.1) is 0 Å². The van der Waals surface area contributed by atoms with Crippen molar-refractivity contribution in [2.45, 2.75) is 26.4 Å². The van der Waals surface area contributed by atoms with E-state index in [1.165, 1.54) is 4.68 Å². The Hall–Kier alpha value is -1.56. The highest BCUT2D eigenvalue weighted by Gasteiger charge is 2.21. The Morgan fingerprint density at radius 1 is 1.59 bits per heavy atom. The zero-order chi connectivity index (χ0) is 13.0. The van der Waals surface area contributed by atoms with Crippen molar-refractivity contribution in [3.63, 3.8) is 0 Å². The predicted molar refractivity (Wildman–Crippen MR) is 63.7 cm³/mol. The van der Waals surface area contributed by atoms with Gasteiger partial charge in [0.2, 0.25) is 0 Å². The topological polar surface area (TPSA) is 79.4 Å². The minimum Gasteiger partial charge on any atom is -0.458 e. The molecule has 1 unspecified atom stereocenters. The molecule has 0 aliphatic heterocycles. The number of carbonyl (C=O) groups excluding carboxylic acids is 1. The summed E-state index contributed by atoms with van der Waals surface area (Å²) in [5.41, 5.74) is 7.07. The first-order valence-corrected chi connectivity index (χ1v) is 5.46. The van der Waals surface area contributed by atoms with Gasteiger partial charge in [0, 0.05) is 27.2 Å². The van der Waals surface area contributed by atoms with E-state index < -0.39 is 5.97 Å². The van der Waals surface area contributed by atoms with Crippen LogP contribution in [0.4, 0.5) is 5.69 Å². The van der Waals surface area contributed by atoms with Crippen LogP contribution in [0.1, 0.15) is 29.5 Å². The highest BCUT2D eigenvalue weighted by atomic mass is 16.5. The highest BCUT2D eigenvalue weighted by molar-refractivity contribution is 5.93. The number of methoxy groups -OCH3 is 1. The molecule has 96 valence electrons. The van der Waals surface area contributed by atoms with Gasteiger partial charge in [-0.25, -0.2) is 4.79 Å². The van der Waals surface area contributed by atoms with E-state index in [1.807, 2.05) is 6.92 Å². The molecule has 0 radical (unpaired) electrons. The molecule has 1 aromatic heterocycles. The van der Waals surface area contributed by atoms with Crippen LogP contribution in [0.15, 0.2) is 0 Å². The molecule has 0 spiro atoms. The van der Waals surface area contributed by atoms with Crippen LogP contribution in [0.3, 0.4) is 0 Å². The molecule has 1 heterocycles. The summed E-state index contributed by atoms with van der Waals surface area (Å²) < 4.78 is 11.6. The van der Waals surface area contributed by atoms with E-state index in [2.05, 4.69) is 5.10 Å². The minimum atomic E-state index is -0.450. The average Bonchev–Trinajstić information content (AvgIpc) is 2.50. The van der Waals surface area contributed by atoms with Crippen molar-refractivity contribution in [2.75, 3.05) is 19.5 Å². The van der Waals surface area contributed by atoms with Gasteiger partial charge >= 0.3 is 5.97 Å². The molecular weight excluding hydrogens is 222 g/mol. The number of anilines is 1. The fourth-order valence-corrected chi connectivity index (χ4v) is 1.50. The number of aromatic nitrogens is 2. The molecule has 0 aliphatic carbocycles. The van der Waals surface area contributed by atoms with Crippen LogP contribution in [0, 0.1) is 6.92 Å². The number of rotatable bonds is 5. The van der Waals surface area contributed by atoms with Crippen molar-refractivity contribution in [1.29, 1.82) is 0 Å². The molecular formula is C11H19N3O3. The van der Waals surface area contributed by atoms with E-state index in [1.54, 1.807) is 21.1 Å². The molecule has 0 bridgehead atoms. The second-order valence-electron chi connectivity index (χ2n) is 3.97. The number of nitrogen functional groups attached to an aromatic ring is 1. The highest BCUT2D eigenvalue weighted by Crippen LogP contribution is 2.17. The lowest BCUT2D eigenvalue weighted by atomic mass is 10.3. The second-order valence-corrected chi connectivity index (χ2v) is 3.97. The Balaban J connectivity index is 2.70. The average molecular weight is 241 g/mol. The molecule has 0 aromatic carbocycles. The summed E-state index contributed by atoms with van der Waals surface area (Å²) in [7, 11) is 3.27. The van der Waals surface area contributed by atoms with Gasteiger partial charge in [-0.2, -0.15) is 5.10 Å². The van der Waals surface area contributed by atoms with E-state index in [0.29, 0.717) is 30.1 Å². The number of nitrogens with zero attached hydrogens (tertiary/aromatic N) is 2. The molecule has 1 atom stereocenters. The van der Waals surface area contributed by atoms with Crippen molar-refractivity contribution in [3.8, 4) is 0 Å². The lowest BCUT2D eigenvalue weighted by Crippen LogP contribution is -2.19. The molecule has 0 saturated carbocycles. The first-order valence-electron chi connectivity index (χ1n) is 5.46. The standard InChI is InChI=1S/C11H19N3O3/c1-7(5-6-16-4)17-11(15)10-9(12)8(2)13-14(10)3/h7H,5-6,12H2,1-4H3. The molecule has 17 heavy (non-hydrogen) atoms. The zero-order valence-electron chi connectivity index (χ0n) is 10.7. The second kappa shape index (κ2) is 5.67. The van der Waals surface area contributed by atoms with Crippen molar-refractivity contribution in [3.05, 3.63) is 11.4 Å². The Morgan fingerprint density at radius 3 is 2.71 bits per heavy atom. The maximum absolute atomic E-state index is 11.9.